The Morgan fingerprint density at radius 1 is 1.29 bits per heavy atom. The number of nitrogens with zero attached hydrogens (tertiary/aromatic N) is 1. The Kier molecular flexibility index (Phi) is 4.50. The van der Waals surface area contributed by atoms with Crippen LogP contribution < -0.4 is 16.0 Å². The van der Waals surface area contributed by atoms with Gasteiger partial charge in [-0.1, -0.05) is 12.1 Å². The van der Waals surface area contributed by atoms with Gasteiger partial charge in [0.2, 0.25) is 0 Å². The minimum Gasteiger partial charge on any atom is -0.307 e. The molecule has 0 atom stereocenters. The first-order chi connectivity index (χ1) is 9.85. The Morgan fingerprint density at radius 3 is 2.67 bits per heavy atom. The van der Waals surface area contributed by atoms with E-state index < -0.39 is 10.0 Å². The zero-order valence-corrected chi connectivity index (χ0v) is 13.9. The number of hydrogen-bond donors (Lipinski definition) is 3. The topological polar surface area (TPSA) is 97.1 Å². The maximum atomic E-state index is 12.5. The molecule has 0 fully saturated rings. The number of aromatic nitrogens is 1. The van der Waals surface area contributed by atoms with Crippen molar-refractivity contribution in [1.29, 1.82) is 0 Å². The first-order valence-corrected chi connectivity index (χ1v) is 8.34. The number of aryl methyl sites for hydroxylation is 1. The molecule has 0 radical (unpaired) electrons. The molecule has 0 bridgehead atoms. The SMILES string of the molecule is Cc1cccc(NS(=O)(=O)c2cc(Br)cnc2NN)c1C. The number of nitrogen functional groups attached to an aromatic ring is 1. The van der Waals surface area contributed by atoms with Crippen LogP contribution in [0.25, 0.3) is 0 Å². The number of hydrogen-bond acceptors (Lipinski definition) is 5. The Hall–Kier alpha value is -1.64. The van der Waals surface area contributed by atoms with E-state index in [1.54, 1.807) is 12.1 Å². The summed E-state index contributed by atoms with van der Waals surface area (Å²) < 4.78 is 28.2. The van der Waals surface area contributed by atoms with Gasteiger partial charge in [0.05, 0.1) is 5.69 Å². The van der Waals surface area contributed by atoms with Crippen LogP contribution in [0.3, 0.4) is 0 Å². The van der Waals surface area contributed by atoms with Crippen molar-refractivity contribution in [2.45, 2.75) is 18.7 Å². The third-order valence-electron chi connectivity index (χ3n) is 3.09. The highest BCUT2D eigenvalue weighted by Crippen LogP contribution is 2.26. The maximum absolute atomic E-state index is 12.5. The lowest BCUT2D eigenvalue weighted by molar-refractivity contribution is 0.601. The van der Waals surface area contributed by atoms with Crippen LogP contribution in [0, 0.1) is 13.8 Å². The maximum Gasteiger partial charge on any atom is 0.265 e. The first kappa shape index (κ1) is 15.7. The number of pyridine rings is 1. The summed E-state index contributed by atoms with van der Waals surface area (Å²) in [6.07, 6.45) is 1.46. The van der Waals surface area contributed by atoms with E-state index in [9.17, 15) is 8.42 Å². The Labute approximate surface area is 131 Å². The van der Waals surface area contributed by atoms with Crippen LogP contribution in [0.5, 0.6) is 0 Å². The zero-order valence-electron chi connectivity index (χ0n) is 11.5. The highest BCUT2D eigenvalue weighted by atomic mass is 79.9. The van der Waals surface area contributed by atoms with E-state index in [1.807, 2.05) is 19.9 Å². The average Bonchev–Trinajstić information content (AvgIpc) is 2.44. The lowest BCUT2D eigenvalue weighted by Gasteiger charge is -2.14. The molecule has 0 unspecified atom stereocenters. The predicted octanol–water partition coefficient (Wildman–Crippen LogP) is 2.55. The van der Waals surface area contributed by atoms with Crippen molar-refractivity contribution in [2.75, 3.05) is 10.1 Å². The van der Waals surface area contributed by atoms with E-state index in [0.29, 0.717) is 10.2 Å². The first-order valence-electron chi connectivity index (χ1n) is 6.06. The molecular formula is C13H15BrN4O2S. The van der Waals surface area contributed by atoms with Gasteiger partial charge in [-0.25, -0.2) is 19.2 Å². The van der Waals surface area contributed by atoms with E-state index in [4.69, 9.17) is 5.84 Å². The van der Waals surface area contributed by atoms with Crippen LogP contribution in [0.1, 0.15) is 11.1 Å². The summed E-state index contributed by atoms with van der Waals surface area (Å²) in [5.41, 5.74) is 4.68. The van der Waals surface area contributed by atoms with Crippen molar-refractivity contribution in [1.82, 2.24) is 4.98 Å². The minimum atomic E-state index is -3.80. The molecule has 1 aromatic heterocycles. The normalized spacial score (nSPS) is 11.2. The third kappa shape index (κ3) is 3.34. The number of hydrazine groups is 1. The van der Waals surface area contributed by atoms with E-state index >= 15 is 0 Å². The van der Waals surface area contributed by atoms with Gasteiger partial charge in [-0.15, -0.1) is 0 Å². The summed E-state index contributed by atoms with van der Waals surface area (Å²) in [6.45, 7) is 3.77. The van der Waals surface area contributed by atoms with Gasteiger partial charge in [0.25, 0.3) is 10.0 Å². The van der Waals surface area contributed by atoms with Gasteiger partial charge < -0.3 is 5.43 Å². The van der Waals surface area contributed by atoms with Crippen molar-refractivity contribution in [3.63, 3.8) is 0 Å². The van der Waals surface area contributed by atoms with Crippen LogP contribution in [0.2, 0.25) is 0 Å². The molecule has 2 aromatic rings. The van der Waals surface area contributed by atoms with Crippen LogP contribution in [0.15, 0.2) is 39.8 Å². The summed E-state index contributed by atoms with van der Waals surface area (Å²) in [6, 6.07) is 6.86. The fourth-order valence-corrected chi connectivity index (χ4v) is 3.55. The summed E-state index contributed by atoms with van der Waals surface area (Å²) in [5.74, 6) is 5.40. The number of nitrogens with two attached hydrogens (primary N) is 1. The van der Waals surface area contributed by atoms with Crippen molar-refractivity contribution < 1.29 is 8.42 Å². The van der Waals surface area contributed by atoms with Gasteiger partial charge in [-0.3, -0.25) is 4.72 Å². The van der Waals surface area contributed by atoms with Gasteiger partial charge >= 0.3 is 0 Å². The highest BCUT2D eigenvalue weighted by Gasteiger charge is 2.21. The van der Waals surface area contributed by atoms with Crippen molar-refractivity contribution in [3.8, 4) is 0 Å². The third-order valence-corrected chi connectivity index (χ3v) is 4.91. The summed E-state index contributed by atoms with van der Waals surface area (Å²) in [4.78, 5) is 3.91. The average molecular weight is 371 g/mol. The van der Waals surface area contributed by atoms with Crippen molar-refractivity contribution in [3.05, 3.63) is 46.1 Å². The molecule has 112 valence electrons. The van der Waals surface area contributed by atoms with Gasteiger partial charge in [0.15, 0.2) is 5.82 Å². The number of anilines is 2. The van der Waals surface area contributed by atoms with E-state index in [0.717, 1.165) is 11.1 Å². The molecular weight excluding hydrogens is 356 g/mol. The Balaban J connectivity index is 2.48. The largest absolute Gasteiger partial charge is 0.307 e. The molecule has 0 saturated carbocycles. The molecule has 4 N–H and O–H groups in total. The van der Waals surface area contributed by atoms with Crippen LogP contribution >= 0.6 is 15.9 Å². The molecule has 8 heteroatoms. The number of nitrogens with one attached hydrogen (secondary N) is 2. The van der Waals surface area contributed by atoms with E-state index in [-0.39, 0.29) is 10.7 Å². The molecule has 0 spiro atoms. The standard InChI is InChI=1S/C13H15BrN4O2S/c1-8-4-3-5-11(9(8)2)18-21(19,20)12-6-10(14)7-16-13(12)17-15/h3-7,18H,15H2,1-2H3,(H,16,17). The number of halogens is 1. The molecule has 0 aliphatic heterocycles. The van der Waals surface area contributed by atoms with E-state index in [2.05, 4.69) is 31.1 Å². The second-order valence-electron chi connectivity index (χ2n) is 4.50. The molecule has 1 heterocycles. The van der Waals surface area contributed by atoms with E-state index in [1.165, 1.54) is 12.3 Å². The lowest BCUT2D eigenvalue weighted by atomic mass is 10.1. The molecule has 0 saturated heterocycles. The van der Waals surface area contributed by atoms with Gasteiger partial charge in [-0.2, -0.15) is 0 Å². The monoisotopic (exact) mass is 370 g/mol. The predicted molar refractivity (Wildman–Crippen MR) is 86.5 cm³/mol. The fourth-order valence-electron chi connectivity index (χ4n) is 1.80. The number of sulfonamides is 1. The second kappa shape index (κ2) is 6.00. The van der Waals surface area contributed by atoms with Crippen LogP contribution in [-0.4, -0.2) is 13.4 Å². The number of rotatable bonds is 4. The minimum absolute atomic E-state index is 0.0275. The smallest absolute Gasteiger partial charge is 0.265 e. The van der Waals surface area contributed by atoms with Crippen molar-refractivity contribution >= 4 is 37.5 Å². The van der Waals surface area contributed by atoms with Gasteiger partial charge in [0, 0.05) is 10.7 Å². The van der Waals surface area contributed by atoms with Crippen LogP contribution in [0.4, 0.5) is 11.5 Å². The van der Waals surface area contributed by atoms with Gasteiger partial charge in [0.1, 0.15) is 4.90 Å². The number of benzene rings is 1. The molecule has 2 rings (SSSR count). The lowest BCUT2D eigenvalue weighted by Crippen LogP contribution is -2.19. The molecule has 1 aromatic carbocycles. The fraction of sp³-hybridized carbons (Fsp3) is 0.154. The molecule has 0 aliphatic rings. The Morgan fingerprint density at radius 2 is 2.00 bits per heavy atom. The second-order valence-corrected chi connectivity index (χ2v) is 7.06. The van der Waals surface area contributed by atoms with Crippen LogP contribution in [-0.2, 0) is 10.0 Å². The Bertz CT molecular complexity index is 778. The molecule has 0 aliphatic carbocycles. The van der Waals surface area contributed by atoms with Gasteiger partial charge in [-0.05, 0) is 53.0 Å². The summed E-state index contributed by atoms with van der Waals surface area (Å²) in [7, 11) is -3.80. The quantitative estimate of drug-likeness (QED) is 0.567. The molecule has 6 nitrogen and oxygen atoms in total. The van der Waals surface area contributed by atoms with Crippen molar-refractivity contribution in [2.24, 2.45) is 5.84 Å². The summed E-state index contributed by atoms with van der Waals surface area (Å²) in [5, 5.41) is 0. The summed E-state index contributed by atoms with van der Waals surface area (Å²) >= 11 is 3.21. The molecule has 21 heavy (non-hydrogen) atoms. The highest BCUT2D eigenvalue weighted by molar-refractivity contribution is 9.10. The molecule has 0 amide bonds. The zero-order chi connectivity index (χ0) is 15.6.